The summed E-state index contributed by atoms with van der Waals surface area (Å²) in [5, 5.41) is 0. The maximum Gasteiger partial charge on any atom is 0.331 e. The summed E-state index contributed by atoms with van der Waals surface area (Å²) in [6.45, 7) is 0.0792. The molecule has 0 amide bonds. The van der Waals surface area contributed by atoms with E-state index in [0.717, 1.165) is 0 Å². The summed E-state index contributed by atoms with van der Waals surface area (Å²) in [5.41, 5.74) is 0. The number of carbonyl (C=O) groups is 1. The van der Waals surface area contributed by atoms with Gasteiger partial charge in [0.25, 0.3) is 0 Å². The largest absolute Gasteiger partial charge is 0.467 e. The molecule has 3 heteroatoms. The molecule has 0 bridgehead atoms. The number of carbonyl (C=O) groups excluding carboxylic acids is 1. The molecule has 0 fully saturated rings. The van der Waals surface area contributed by atoms with Crippen LogP contribution in [-0.2, 0) is 14.3 Å². The summed E-state index contributed by atoms with van der Waals surface area (Å²) >= 11 is 0. The van der Waals surface area contributed by atoms with E-state index in [1.807, 2.05) is 0 Å². The molecule has 0 saturated heterocycles. The first kappa shape index (κ1) is 7.99. The molecular formula is C6H8O3. The average molecular weight is 128 g/mol. The summed E-state index contributed by atoms with van der Waals surface area (Å²) in [6.07, 6.45) is 4.83. The lowest BCUT2D eigenvalue weighted by Gasteiger charge is -1.95. The smallest absolute Gasteiger partial charge is 0.331 e. The van der Waals surface area contributed by atoms with Crippen LogP contribution >= 0.6 is 0 Å². The Morgan fingerprint density at radius 2 is 2.44 bits per heavy atom. The van der Waals surface area contributed by atoms with Crippen molar-refractivity contribution < 1.29 is 14.3 Å². The van der Waals surface area contributed by atoms with Gasteiger partial charge in [0.05, 0.1) is 7.11 Å². The summed E-state index contributed by atoms with van der Waals surface area (Å²) < 4.78 is 8.89. The molecule has 3 nitrogen and oxygen atoms in total. The summed E-state index contributed by atoms with van der Waals surface area (Å²) in [4.78, 5) is 10.3. The highest BCUT2D eigenvalue weighted by Gasteiger charge is 1.96. The van der Waals surface area contributed by atoms with Crippen LogP contribution in [0.3, 0.4) is 0 Å². The Kier molecular flexibility index (Phi) is 4.56. The molecule has 0 heterocycles. The van der Waals surface area contributed by atoms with Crippen molar-refractivity contribution in [1.29, 1.82) is 0 Å². The lowest BCUT2D eigenvalue weighted by Crippen LogP contribution is -2.09. The molecule has 0 aliphatic rings. The van der Waals surface area contributed by atoms with Crippen LogP contribution < -0.4 is 0 Å². The third-order valence-electron chi connectivity index (χ3n) is 0.633. The zero-order valence-electron chi connectivity index (χ0n) is 5.22. The van der Waals surface area contributed by atoms with E-state index < -0.39 is 5.97 Å². The second kappa shape index (κ2) is 5.13. The van der Waals surface area contributed by atoms with Gasteiger partial charge in [-0.25, -0.2) is 4.79 Å². The number of hydrogen-bond acceptors (Lipinski definition) is 3. The van der Waals surface area contributed by atoms with Gasteiger partial charge in [-0.05, 0) is 0 Å². The van der Waals surface area contributed by atoms with Crippen LogP contribution in [0.2, 0.25) is 0 Å². The molecule has 0 aromatic heterocycles. The first-order chi connectivity index (χ1) is 4.31. The van der Waals surface area contributed by atoms with Crippen molar-refractivity contribution >= 4 is 5.97 Å². The standard InChI is InChI=1S/C6H8O3/c1-3-4-9-5-6(7)8-2/h1H,4-5H2,2H3. The van der Waals surface area contributed by atoms with Gasteiger partial charge in [-0.2, -0.15) is 0 Å². The normalized spacial score (nSPS) is 8.00. The predicted octanol–water partition coefficient (Wildman–Crippen LogP) is -0.191. The number of rotatable bonds is 3. The van der Waals surface area contributed by atoms with E-state index in [4.69, 9.17) is 6.42 Å². The predicted molar refractivity (Wildman–Crippen MR) is 31.7 cm³/mol. The zero-order chi connectivity index (χ0) is 7.11. The first-order valence-corrected chi connectivity index (χ1v) is 2.39. The van der Waals surface area contributed by atoms with Crippen LogP contribution in [0.25, 0.3) is 0 Å². The van der Waals surface area contributed by atoms with Gasteiger partial charge in [-0.15, -0.1) is 6.42 Å². The van der Waals surface area contributed by atoms with Gasteiger partial charge >= 0.3 is 5.97 Å². The highest BCUT2D eigenvalue weighted by Crippen LogP contribution is 1.75. The van der Waals surface area contributed by atoms with E-state index in [1.165, 1.54) is 7.11 Å². The van der Waals surface area contributed by atoms with E-state index in [0.29, 0.717) is 0 Å². The van der Waals surface area contributed by atoms with Crippen LogP contribution in [-0.4, -0.2) is 26.3 Å². The molecule has 0 radical (unpaired) electrons. The Hall–Kier alpha value is -1.01. The molecule has 0 spiro atoms. The van der Waals surface area contributed by atoms with Gasteiger partial charge < -0.3 is 9.47 Å². The molecule has 0 aromatic rings. The van der Waals surface area contributed by atoms with E-state index in [9.17, 15) is 4.79 Å². The molecule has 0 saturated carbocycles. The summed E-state index contributed by atoms with van der Waals surface area (Å²) in [5.74, 6) is 1.81. The van der Waals surface area contributed by atoms with Crippen molar-refractivity contribution in [3.05, 3.63) is 0 Å². The van der Waals surface area contributed by atoms with Gasteiger partial charge in [-0.3, -0.25) is 0 Å². The van der Waals surface area contributed by atoms with Crippen LogP contribution in [0, 0.1) is 12.3 Å². The average Bonchev–Trinajstić information content (AvgIpc) is 1.89. The Bertz CT molecular complexity index is 123. The number of esters is 1. The minimum Gasteiger partial charge on any atom is -0.467 e. The molecule has 0 unspecified atom stereocenters. The summed E-state index contributed by atoms with van der Waals surface area (Å²) in [6, 6.07) is 0. The number of terminal acetylenes is 1. The fraction of sp³-hybridized carbons (Fsp3) is 0.500. The Balaban J connectivity index is 3.09. The molecule has 50 valence electrons. The fourth-order valence-corrected chi connectivity index (χ4v) is 0.252. The fourth-order valence-electron chi connectivity index (χ4n) is 0.252. The third kappa shape index (κ3) is 4.85. The van der Waals surface area contributed by atoms with Gasteiger partial charge in [0, 0.05) is 0 Å². The molecule has 0 N–H and O–H groups in total. The molecule has 9 heavy (non-hydrogen) atoms. The van der Waals surface area contributed by atoms with E-state index >= 15 is 0 Å². The second-order valence-corrected chi connectivity index (χ2v) is 1.27. The van der Waals surface area contributed by atoms with Crippen molar-refractivity contribution in [3.8, 4) is 12.3 Å². The van der Waals surface area contributed by atoms with Gasteiger partial charge in [0.2, 0.25) is 0 Å². The molecule has 0 aromatic carbocycles. The quantitative estimate of drug-likeness (QED) is 0.300. The number of methoxy groups -OCH3 is 1. The van der Waals surface area contributed by atoms with Crippen molar-refractivity contribution in [2.45, 2.75) is 0 Å². The SMILES string of the molecule is C#CCOCC(=O)OC. The van der Waals surface area contributed by atoms with Crippen molar-refractivity contribution in [2.75, 3.05) is 20.3 Å². The van der Waals surface area contributed by atoms with Gasteiger partial charge in [0.15, 0.2) is 0 Å². The Morgan fingerprint density at radius 1 is 1.78 bits per heavy atom. The molecule has 0 rings (SSSR count). The molecule has 0 aliphatic carbocycles. The lowest BCUT2D eigenvalue weighted by atomic mass is 10.7. The maximum absolute atomic E-state index is 10.3. The first-order valence-electron chi connectivity index (χ1n) is 2.39. The third-order valence-corrected chi connectivity index (χ3v) is 0.633. The lowest BCUT2D eigenvalue weighted by molar-refractivity contribution is -0.145. The highest BCUT2D eigenvalue weighted by atomic mass is 16.6. The summed E-state index contributed by atoms with van der Waals surface area (Å²) in [7, 11) is 1.29. The zero-order valence-corrected chi connectivity index (χ0v) is 5.22. The molecule has 0 atom stereocenters. The number of hydrogen-bond donors (Lipinski definition) is 0. The van der Waals surface area contributed by atoms with Crippen molar-refractivity contribution in [3.63, 3.8) is 0 Å². The van der Waals surface area contributed by atoms with Crippen molar-refractivity contribution in [2.24, 2.45) is 0 Å². The number of ether oxygens (including phenoxy) is 2. The van der Waals surface area contributed by atoms with Crippen LogP contribution in [0.15, 0.2) is 0 Å². The Morgan fingerprint density at radius 3 is 2.89 bits per heavy atom. The van der Waals surface area contributed by atoms with E-state index in [2.05, 4.69) is 15.4 Å². The van der Waals surface area contributed by atoms with Crippen LogP contribution in [0.1, 0.15) is 0 Å². The van der Waals surface area contributed by atoms with Gasteiger partial charge in [0.1, 0.15) is 13.2 Å². The molecular weight excluding hydrogens is 120 g/mol. The topological polar surface area (TPSA) is 35.5 Å². The second-order valence-electron chi connectivity index (χ2n) is 1.27. The minimum atomic E-state index is -0.412. The van der Waals surface area contributed by atoms with Crippen molar-refractivity contribution in [1.82, 2.24) is 0 Å². The Labute approximate surface area is 54.0 Å². The highest BCUT2D eigenvalue weighted by molar-refractivity contribution is 5.70. The monoisotopic (exact) mass is 128 g/mol. The molecule has 0 aliphatic heterocycles. The van der Waals surface area contributed by atoms with Gasteiger partial charge in [-0.1, -0.05) is 5.92 Å². The maximum atomic E-state index is 10.3. The van der Waals surface area contributed by atoms with Crippen LogP contribution in [0.5, 0.6) is 0 Å². The van der Waals surface area contributed by atoms with E-state index in [1.54, 1.807) is 0 Å². The minimum absolute atomic E-state index is 0.0688. The van der Waals surface area contributed by atoms with E-state index in [-0.39, 0.29) is 13.2 Å². The van der Waals surface area contributed by atoms with Crippen LogP contribution in [0.4, 0.5) is 0 Å².